The van der Waals surface area contributed by atoms with Gasteiger partial charge in [-0.25, -0.2) is 0 Å². The molecule has 0 saturated heterocycles. The molecule has 102 valence electrons. The fourth-order valence-corrected chi connectivity index (χ4v) is 2.43. The normalized spacial score (nSPS) is 13.6. The van der Waals surface area contributed by atoms with Crippen molar-refractivity contribution >= 4 is 15.9 Å². The van der Waals surface area contributed by atoms with Crippen LogP contribution in [0.25, 0.3) is 0 Å². The molecule has 3 nitrogen and oxygen atoms in total. The zero-order chi connectivity index (χ0) is 14.2. The van der Waals surface area contributed by atoms with E-state index in [1.165, 1.54) is 29.1 Å². The largest absolute Gasteiger partial charge is 0.416 e. The first kappa shape index (κ1) is 14.1. The molecule has 0 amide bonds. The van der Waals surface area contributed by atoms with E-state index in [4.69, 9.17) is 0 Å². The fraction of sp³-hybridized carbons (Fsp3) is 0.250. The van der Waals surface area contributed by atoms with Crippen LogP contribution in [0.1, 0.15) is 22.9 Å². The molecule has 0 bridgehead atoms. The number of hydrogen-bond acceptors (Lipinski definition) is 2. The second-order valence-electron chi connectivity index (χ2n) is 3.99. The van der Waals surface area contributed by atoms with Crippen molar-refractivity contribution in [1.82, 2.24) is 9.78 Å². The second kappa shape index (κ2) is 4.97. The Labute approximate surface area is 115 Å². The summed E-state index contributed by atoms with van der Waals surface area (Å²) in [4.78, 5) is 0. The molecule has 1 atom stereocenters. The van der Waals surface area contributed by atoms with Crippen LogP contribution in [0.5, 0.6) is 0 Å². The number of aromatic nitrogens is 2. The molecule has 0 aliphatic heterocycles. The Morgan fingerprint density at radius 1 is 1.32 bits per heavy atom. The van der Waals surface area contributed by atoms with Crippen LogP contribution in [-0.2, 0) is 13.2 Å². The summed E-state index contributed by atoms with van der Waals surface area (Å²) in [5.74, 6) is 0. The maximum atomic E-state index is 12.9. The Bertz CT molecular complexity index is 575. The van der Waals surface area contributed by atoms with Gasteiger partial charge in [0.05, 0.1) is 21.9 Å². The molecule has 0 aliphatic rings. The van der Waals surface area contributed by atoms with E-state index in [9.17, 15) is 18.3 Å². The van der Waals surface area contributed by atoms with Crippen molar-refractivity contribution in [3.8, 4) is 0 Å². The van der Waals surface area contributed by atoms with Crippen LogP contribution in [0.15, 0.2) is 34.9 Å². The van der Waals surface area contributed by atoms with Gasteiger partial charge in [0.15, 0.2) is 0 Å². The van der Waals surface area contributed by atoms with Gasteiger partial charge in [-0.3, -0.25) is 4.68 Å². The number of alkyl halides is 3. The predicted octanol–water partition coefficient (Wildman–Crippen LogP) is 3.28. The van der Waals surface area contributed by atoms with Gasteiger partial charge in [0, 0.05) is 7.05 Å². The van der Waals surface area contributed by atoms with Crippen molar-refractivity contribution in [2.45, 2.75) is 12.3 Å². The molecule has 0 radical (unpaired) electrons. The van der Waals surface area contributed by atoms with Gasteiger partial charge in [-0.05, 0) is 27.6 Å². The van der Waals surface area contributed by atoms with Crippen molar-refractivity contribution < 1.29 is 18.3 Å². The van der Waals surface area contributed by atoms with Gasteiger partial charge in [-0.1, -0.05) is 18.2 Å². The SMILES string of the molecule is Cn1ncc(Br)c1C(O)c1ccccc1C(F)(F)F. The zero-order valence-corrected chi connectivity index (χ0v) is 11.4. The van der Waals surface area contributed by atoms with E-state index in [1.807, 2.05) is 0 Å². The maximum Gasteiger partial charge on any atom is 0.416 e. The van der Waals surface area contributed by atoms with Gasteiger partial charge in [-0.15, -0.1) is 0 Å². The van der Waals surface area contributed by atoms with Gasteiger partial charge in [0.1, 0.15) is 6.10 Å². The minimum atomic E-state index is -4.51. The highest BCUT2D eigenvalue weighted by Gasteiger charge is 2.35. The van der Waals surface area contributed by atoms with Crippen LogP contribution in [0, 0.1) is 0 Å². The number of aliphatic hydroxyl groups excluding tert-OH is 1. The van der Waals surface area contributed by atoms with Crippen molar-refractivity contribution in [2.24, 2.45) is 7.05 Å². The highest BCUT2D eigenvalue weighted by Crippen LogP contribution is 2.37. The lowest BCUT2D eigenvalue weighted by atomic mass is 10.00. The summed E-state index contributed by atoms with van der Waals surface area (Å²) in [6.07, 6.45) is -4.49. The van der Waals surface area contributed by atoms with Gasteiger partial charge in [-0.2, -0.15) is 18.3 Å². The smallest absolute Gasteiger partial charge is 0.382 e. The first-order chi connectivity index (χ1) is 8.82. The van der Waals surface area contributed by atoms with Crippen molar-refractivity contribution in [1.29, 1.82) is 0 Å². The summed E-state index contributed by atoms with van der Waals surface area (Å²) in [7, 11) is 1.56. The molecular formula is C12H10BrF3N2O. The third-order valence-electron chi connectivity index (χ3n) is 2.76. The molecule has 7 heteroatoms. The molecule has 0 aliphatic carbocycles. The third-order valence-corrected chi connectivity index (χ3v) is 3.37. The minimum absolute atomic E-state index is 0.195. The highest BCUT2D eigenvalue weighted by molar-refractivity contribution is 9.10. The van der Waals surface area contributed by atoms with Gasteiger partial charge < -0.3 is 5.11 Å². The summed E-state index contributed by atoms with van der Waals surface area (Å²) < 4.78 is 40.5. The lowest BCUT2D eigenvalue weighted by Crippen LogP contribution is -2.14. The van der Waals surface area contributed by atoms with E-state index in [1.54, 1.807) is 7.05 Å². The number of benzene rings is 1. The van der Waals surface area contributed by atoms with Gasteiger partial charge >= 0.3 is 6.18 Å². The summed E-state index contributed by atoms with van der Waals surface area (Å²) in [6.45, 7) is 0. The molecule has 19 heavy (non-hydrogen) atoms. The van der Waals surface area contributed by atoms with E-state index < -0.39 is 17.8 Å². The highest BCUT2D eigenvalue weighted by atomic mass is 79.9. The number of rotatable bonds is 2. The number of hydrogen-bond donors (Lipinski definition) is 1. The number of halogens is 4. The fourth-order valence-electron chi connectivity index (χ4n) is 1.87. The van der Waals surface area contributed by atoms with Gasteiger partial charge in [0.25, 0.3) is 0 Å². The Morgan fingerprint density at radius 2 is 1.95 bits per heavy atom. The van der Waals surface area contributed by atoms with Crippen molar-refractivity contribution in [3.63, 3.8) is 0 Å². The lowest BCUT2D eigenvalue weighted by Gasteiger charge is -2.18. The number of aliphatic hydroxyl groups is 1. The molecular weight excluding hydrogens is 325 g/mol. The van der Waals surface area contributed by atoms with E-state index >= 15 is 0 Å². The Kier molecular flexibility index (Phi) is 3.69. The van der Waals surface area contributed by atoms with Crippen LogP contribution in [-0.4, -0.2) is 14.9 Å². The summed E-state index contributed by atoms with van der Waals surface area (Å²) in [6, 6.07) is 4.95. The summed E-state index contributed by atoms with van der Waals surface area (Å²) >= 11 is 3.17. The molecule has 1 N–H and O–H groups in total. The molecule has 2 aromatic rings. The Hall–Kier alpha value is -1.34. The average Bonchev–Trinajstić information content (AvgIpc) is 2.67. The van der Waals surface area contributed by atoms with Crippen LogP contribution in [0.2, 0.25) is 0 Å². The van der Waals surface area contributed by atoms with E-state index in [0.29, 0.717) is 4.47 Å². The Morgan fingerprint density at radius 3 is 2.47 bits per heavy atom. The topological polar surface area (TPSA) is 38.0 Å². The molecule has 1 unspecified atom stereocenters. The maximum absolute atomic E-state index is 12.9. The zero-order valence-electron chi connectivity index (χ0n) is 9.82. The molecule has 1 aromatic heterocycles. The lowest BCUT2D eigenvalue weighted by molar-refractivity contribution is -0.139. The van der Waals surface area contributed by atoms with Crippen LogP contribution >= 0.6 is 15.9 Å². The predicted molar refractivity (Wildman–Crippen MR) is 66.4 cm³/mol. The van der Waals surface area contributed by atoms with Crippen LogP contribution in [0.3, 0.4) is 0 Å². The van der Waals surface area contributed by atoms with E-state index in [0.717, 1.165) is 6.07 Å². The van der Waals surface area contributed by atoms with Gasteiger partial charge in [0.2, 0.25) is 0 Å². The summed E-state index contributed by atoms with van der Waals surface area (Å²) in [5.41, 5.74) is -0.772. The molecule has 1 aromatic carbocycles. The first-order valence-corrected chi connectivity index (χ1v) is 6.13. The second-order valence-corrected chi connectivity index (χ2v) is 4.84. The van der Waals surface area contributed by atoms with E-state index in [2.05, 4.69) is 21.0 Å². The number of nitrogens with zero attached hydrogens (tertiary/aromatic N) is 2. The standard InChI is InChI=1S/C12H10BrF3N2O/c1-18-10(9(13)6-17-18)11(19)7-4-2-3-5-8(7)12(14,15)16/h2-6,11,19H,1H3. The van der Waals surface area contributed by atoms with Crippen molar-refractivity contribution in [2.75, 3.05) is 0 Å². The average molecular weight is 335 g/mol. The molecule has 0 spiro atoms. The monoisotopic (exact) mass is 334 g/mol. The molecule has 2 rings (SSSR count). The minimum Gasteiger partial charge on any atom is -0.382 e. The summed E-state index contributed by atoms with van der Waals surface area (Å²) in [5, 5.41) is 14.1. The number of aryl methyl sites for hydroxylation is 1. The molecule has 0 fully saturated rings. The first-order valence-electron chi connectivity index (χ1n) is 5.34. The third kappa shape index (κ3) is 2.66. The molecule has 0 saturated carbocycles. The quantitative estimate of drug-likeness (QED) is 0.915. The van der Waals surface area contributed by atoms with E-state index in [-0.39, 0.29) is 11.3 Å². The van der Waals surface area contributed by atoms with Crippen LogP contribution < -0.4 is 0 Å². The Balaban J connectivity index is 2.54. The van der Waals surface area contributed by atoms with Crippen LogP contribution in [0.4, 0.5) is 13.2 Å². The van der Waals surface area contributed by atoms with Crippen molar-refractivity contribution in [3.05, 3.63) is 51.8 Å². The molecule has 1 heterocycles.